The van der Waals surface area contributed by atoms with E-state index in [-0.39, 0.29) is 25.3 Å². The number of aliphatic hydroxyl groups is 1. The smallest absolute Gasteiger partial charge is 0.303 e. The number of hydrogen-bond acceptors (Lipinski definition) is 6. The number of pyridine rings is 2. The molecule has 0 spiro atoms. The lowest BCUT2D eigenvalue weighted by Crippen LogP contribution is -2.45. The molecule has 8 nitrogen and oxygen atoms in total. The molecule has 0 unspecified atom stereocenters. The van der Waals surface area contributed by atoms with Crippen molar-refractivity contribution in [3.05, 3.63) is 30.6 Å². The van der Waals surface area contributed by atoms with E-state index in [0.29, 0.717) is 25.9 Å². The number of fused-ring (bicyclic) bond motifs is 1. The van der Waals surface area contributed by atoms with Crippen LogP contribution in [-0.4, -0.2) is 69.2 Å². The first-order valence-corrected chi connectivity index (χ1v) is 9.01. The zero-order valence-corrected chi connectivity index (χ0v) is 15.3. The van der Waals surface area contributed by atoms with Gasteiger partial charge in [-0.25, -0.2) is 0 Å². The maximum absolute atomic E-state index is 12.2. The van der Waals surface area contributed by atoms with Crippen LogP contribution in [0.2, 0.25) is 0 Å². The van der Waals surface area contributed by atoms with Gasteiger partial charge in [-0.3, -0.25) is 19.6 Å². The summed E-state index contributed by atoms with van der Waals surface area (Å²) >= 11 is 0. The Morgan fingerprint density at radius 3 is 2.85 bits per heavy atom. The Labute approximate surface area is 157 Å². The van der Waals surface area contributed by atoms with Crippen LogP contribution in [0.1, 0.15) is 25.7 Å². The van der Waals surface area contributed by atoms with E-state index >= 15 is 0 Å². The summed E-state index contributed by atoms with van der Waals surface area (Å²) in [5.74, 6) is -1.06. The van der Waals surface area contributed by atoms with Crippen molar-refractivity contribution in [2.75, 3.05) is 31.6 Å². The molecule has 3 heterocycles. The molecule has 0 radical (unpaired) electrons. The number of amides is 1. The number of carboxylic acid groups (broad SMARTS) is 1. The third-order valence-corrected chi connectivity index (χ3v) is 4.89. The van der Waals surface area contributed by atoms with E-state index < -0.39 is 11.6 Å². The SMILES string of the molecule is CN(C[C@]1(O)CCN(c2ccnc3cccnc23)C1)C(=O)CCCC(=O)O. The third kappa shape index (κ3) is 4.51. The van der Waals surface area contributed by atoms with Crippen LogP contribution < -0.4 is 4.90 Å². The Morgan fingerprint density at radius 2 is 2.07 bits per heavy atom. The molecule has 1 aliphatic rings. The van der Waals surface area contributed by atoms with Gasteiger partial charge in [-0.15, -0.1) is 0 Å². The van der Waals surface area contributed by atoms with Gasteiger partial charge in [-0.05, 0) is 31.0 Å². The molecule has 0 saturated carbocycles. The summed E-state index contributed by atoms with van der Waals surface area (Å²) in [5, 5.41) is 19.6. The van der Waals surface area contributed by atoms with Crippen LogP contribution in [0.25, 0.3) is 11.0 Å². The molecule has 0 aliphatic carbocycles. The summed E-state index contributed by atoms with van der Waals surface area (Å²) in [6, 6.07) is 5.63. The molecule has 2 N–H and O–H groups in total. The van der Waals surface area contributed by atoms with Gasteiger partial charge in [0.05, 0.1) is 17.7 Å². The van der Waals surface area contributed by atoms with Gasteiger partial charge >= 0.3 is 5.97 Å². The van der Waals surface area contributed by atoms with Crippen LogP contribution in [0.4, 0.5) is 5.69 Å². The second-order valence-electron chi connectivity index (χ2n) is 7.09. The highest BCUT2D eigenvalue weighted by atomic mass is 16.4. The van der Waals surface area contributed by atoms with Crippen molar-refractivity contribution in [2.45, 2.75) is 31.3 Å². The van der Waals surface area contributed by atoms with E-state index in [2.05, 4.69) is 14.9 Å². The molecule has 144 valence electrons. The number of aliphatic carboxylic acids is 1. The van der Waals surface area contributed by atoms with Crippen molar-refractivity contribution in [1.82, 2.24) is 14.9 Å². The van der Waals surface area contributed by atoms with Crippen molar-refractivity contribution >= 4 is 28.6 Å². The fourth-order valence-electron chi connectivity index (χ4n) is 3.52. The number of β-amino-alcohol motifs (C(OH)–C–C–N with tert-alkyl or cyclic N) is 1. The van der Waals surface area contributed by atoms with Gasteiger partial charge in [-0.1, -0.05) is 0 Å². The zero-order chi connectivity index (χ0) is 19.4. The minimum absolute atomic E-state index is 0.0280. The van der Waals surface area contributed by atoms with Gasteiger partial charge in [0.2, 0.25) is 5.91 Å². The minimum atomic E-state index is -1.01. The molecular formula is C19H24N4O4. The van der Waals surface area contributed by atoms with Crippen LogP contribution in [-0.2, 0) is 9.59 Å². The monoisotopic (exact) mass is 372 g/mol. The van der Waals surface area contributed by atoms with Gasteiger partial charge < -0.3 is 20.0 Å². The van der Waals surface area contributed by atoms with E-state index in [0.717, 1.165) is 16.7 Å². The van der Waals surface area contributed by atoms with Gasteiger partial charge in [0.15, 0.2) is 0 Å². The fourth-order valence-corrected chi connectivity index (χ4v) is 3.52. The maximum Gasteiger partial charge on any atom is 0.303 e. The summed E-state index contributed by atoms with van der Waals surface area (Å²) < 4.78 is 0. The summed E-state index contributed by atoms with van der Waals surface area (Å²) in [7, 11) is 1.65. The molecule has 8 heteroatoms. The van der Waals surface area contributed by atoms with E-state index in [1.165, 1.54) is 4.90 Å². The van der Waals surface area contributed by atoms with Gasteiger partial charge in [0, 0.05) is 45.4 Å². The molecule has 27 heavy (non-hydrogen) atoms. The molecule has 2 aromatic rings. The summed E-state index contributed by atoms with van der Waals surface area (Å²) in [4.78, 5) is 35.0. The Bertz CT molecular complexity index is 838. The number of carbonyl (C=O) groups excluding carboxylic acids is 1. The van der Waals surface area contributed by atoms with Gasteiger partial charge in [-0.2, -0.15) is 0 Å². The van der Waals surface area contributed by atoms with Crippen molar-refractivity contribution in [3.8, 4) is 0 Å². The number of carboxylic acids is 1. The lowest BCUT2D eigenvalue weighted by Gasteiger charge is -2.29. The molecule has 1 aliphatic heterocycles. The Morgan fingerprint density at radius 1 is 1.26 bits per heavy atom. The first-order chi connectivity index (χ1) is 12.9. The number of carbonyl (C=O) groups is 2. The van der Waals surface area contributed by atoms with Crippen LogP contribution >= 0.6 is 0 Å². The highest BCUT2D eigenvalue weighted by Crippen LogP contribution is 2.31. The average Bonchev–Trinajstić information content (AvgIpc) is 3.02. The number of anilines is 1. The third-order valence-electron chi connectivity index (χ3n) is 4.89. The van der Waals surface area contributed by atoms with Crippen LogP contribution in [0.3, 0.4) is 0 Å². The number of rotatable bonds is 7. The van der Waals surface area contributed by atoms with E-state index in [1.807, 2.05) is 18.2 Å². The minimum Gasteiger partial charge on any atom is -0.481 e. The second-order valence-corrected chi connectivity index (χ2v) is 7.09. The summed E-state index contributed by atoms with van der Waals surface area (Å²) in [5.41, 5.74) is 1.51. The average molecular weight is 372 g/mol. The van der Waals surface area contributed by atoms with Crippen molar-refractivity contribution in [3.63, 3.8) is 0 Å². The lowest BCUT2D eigenvalue weighted by atomic mass is 10.0. The van der Waals surface area contributed by atoms with E-state index in [4.69, 9.17) is 5.11 Å². The molecule has 2 aromatic heterocycles. The van der Waals surface area contributed by atoms with Gasteiger partial charge in [0.25, 0.3) is 0 Å². The summed E-state index contributed by atoms with van der Waals surface area (Å²) in [6.07, 6.45) is 4.43. The topological polar surface area (TPSA) is 107 Å². The van der Waals surface area contributed by atoms with Crippen LogP contribution in [0, 0.1) is 0 Å². The molecule has 3 rings (SSSR count). The quantitative estimate of drug-likeness (QED) is 0.754. The molecule has 1 saturated heterocycles. The van der Waals surface area contributed by atoms with Crippen molar-refractivity contribution < 1.29 is 19.8 Å². The van der Waals surface area contributed by atoms with E-state index in [9.17, 15) is 14.7 Å². The molecule has 0 aromatic carbocycles. The Hall–Kier alpha value is -2.74. The normalized spacial score (nSPS) is 19.4. The van der Waals surface area contributed by atoms with Crippen molar-refractivity contribution in [2.24, 2.45) is 0 Å². The van der Waals surface area contributed by atoms with Crippen LogP contribution in [0.5, 0.6) is 0 Å². The zero-order valence-electron chi connectivity index (χ0n) is 15.3. The highest BCUT2D eigenvalue weighted by molar-refractivity contribution is 5.87. The first kappa shape index (κ1) is 19.0. The summed E-state index contributed by atoms with van der Waals surface area (Å²) in [6.45, 7) is 1.27. The molecule has 0 bridgehead atoms. The largest absolute Gasteiger partial charge is 0.481 e. The predicted octanol–water partition coefficient (Wildman–Crippen LogP) is 1.28. The maximum atomic E-state index is 12.2. The Balaban J connectivity index is 1.63. The second kappa shape index (κ2) is 7.87. The van der Waals surface area contributed by atoms with Crippen LogP contribution in [0.15, 0.2) is 30.6 Å². The molecular weight excluding hydrogens is 348 g/mol. The number of hydrogen-bond donors (Lipinski definition) is 2. The number of likely N-dealkylation sites (N-methyl/N-ethyl adjacent to an activating group) is 1. The lowest BCUT2D eigenvalue weighted by molar-refractivity contribution is -0.137. The predicted molar refractivity (Wildman–Crippen MR) is 100 cm³/mol. The Kier molecular flexibility index (Phi) is 5.55. The fraction of sp³-hybridized carbons (Fsp3) is 0.474. The molecule has 1 amide bonds. The number of nitrogens with zero attached hydrogens (tertiary/aromatic N) is 4. The van der Waals surface area contributed by atoms with Gasteiger partial charge in [0.1, 0.15) is 11.1 Å². The first-order valence-electron chi connectivity index (χ1n) is 9.01. The molecule has 1 atom stereocenters. The van der Waals surface area contributed by atoms with Crippen molar-refractivity contribution in [1.29, 1.82) is 0 Å². The van der Waals surface area contributed by atoms with E-state index in [1.54, 1.807) is 19.4 Å². The molecule has 1 fully saturated rings. The highest BCUT2D eigenvalue weighted by Gasteiger charge is 2.38. The standard InChI is InChI=1S/C19H24N4O4/c1-22(16(24)5-2-6-17(25)26)12-19(27)8-11-23(13-19)15-7-10-20-14-4-3-9-21-18(14)15/h3-4,7,9-10,27H,2,5-6,8,11-13H2,1H3,(H,25,26)/t19-/m1/s1. The number of aromatic nitrogens is 2.